The molecule has 0 unspecified atom stereocenters. The van der Waals surface area contributed by atoms with Crippen molar-refractivity contribution in [3.8, 4) is 11.5 Å². The van der Waals surface area contributed by atoms with Crippen LogP contribution in [0.2, 0.25) is 0 Å². The van der Waals surface area contributed by atoms with Crippen molar-refractivity contribution in [2.75, 3.05) is 20.8 Å². The Morgan fingerprint density at radius 2 is 1.42 bits per heavy atom. The number of hydrogen-bond acceptors (Lipinski definition) is 6. The zero-order valence-electron chi connectivity index (χ0n) is 19.2. The highest BCUT2D eigenvalue weighted by Gasteiger charge is 2.15. The molecule has 0 aliphatic heterocycles. The van der Waals surface area contributed by atoms with Crippen LogP contribution in [0.4, 0.5) is 0 Å². The minimum atomic E-state index is -0.612. The van der Waals surface area contributed by atoms with Crippen LogP contribution in [0.3, 0.4) is 0 Å². The third-order valence-corrected chi connectivity index (χ3v) is 5.34. The third kappa shape index (κ3) is 4.59. The van der Waals surface area contributed by atoms with Crippen molar-refractivity contribution in [3.05, 3.63) is 79.9 Å². The van der Waals surface area contributed by atoms with Crippen LogP contribution in [0.1, 0.15) is 28.4 Å². The third-order valence-electron chi connectivity index (χ3n) is 5.34. The zero-order valence-corrected chi connectivity index (χ0v) is 19.2. The van der Waals surface area contributed by atoms with Crippen LogP contribution >= 0.6 is 0 Å². The van der Waals surface area contributed by atoms with E-state index in [1.165, 1.54) is 12.3 Å². The van der Waals surface area contributed by atoms with Gasteiger partial charge in [-0.1, -0.05) is 0 Å². The first-order valence-corrected chi connectivity index (χ1v) is 10.3. The van der Waals surface area contributed by atoms with Gasteiger partial charge in [-0.25, -0.2) is 4.79 Å². The van der Waals surface area contributed by atoms with E-state index in [1.54, 1.807) is 45.5 Å². The average Bonchev–Trinajstić information content (AvgIpc) is 2.81. The summed E-state index contributed by atoms with van der Waals surface area (Å²) in [4.78, 5) is 41.4. The Balaban J connectivity index is 0.000000194. The van der Waals surface area contributed by atoms with Crippen LogP contribution < -0.4 is 20.3 Å². The number of ether oxygens (including phenoxy) is 3. The van der Waals surface area contributed by atoms with Gasteiger partial charge in [0.1, 0.15) is 17.1 Å². The molecular formula is C25H26N2O6. The maximum absolute atomic E-state index is 12.2. The van der Waals surface area contributed by atoms with Gasteiger partial charge >= 0.3 is 5.97 Å². The fourth-order valence-corrected chi connectivity index (χ4v) is 3.60. The largest absolute Gasteiger partial charge is 0.496 e. The standard InChI is InChI=1S/C14H15NO4.C11H11NO2/c1-4-19-14(17)10-7-15-12-8(2)11(18-3)6-5-9(12)13(10)16;1-7-10(14-2)4-3-8-9(13)5-6-12-11(7)8/h5-7H,4H2,1-3H3,(H,15,16);3-6H,1-2H3,(H,12,13). The Hall–Kier alpha value is -4.07. The number of benzene rings is 2. The number of carbonyl (C=O) groups is 1. The number of H-pyrrole nitrogens is 2. The van der Waals surface area contributed by atoms with Crippen LogP contribution in [-0.4, -0.2) is 36.8 Å². The second-order valence-corrected chi connectivity index (χ2v) is 7.22. The molecule has 0 saturated carbocycles. The predicted molar refractivity (Wildman–Crippen MR) is 128 cm³/mol. The first-order valence-electron chi connectivity index (χ1n) is 10.3. The lowest BCUT2D eigenvalue weighted by atomic mass is 10.1. The maximum atomic E-state index is 12.2. The highest BCUT2D eigenvalue weighted by atomic mass is 16.5. The van der Waals surface area contributed by atoms with Gasteiger partial charge in [-0.3, -0.25) is 9.59 Å². The van der Waals surface area contributed by atoms with E-state index in [0.29, 0.717) is 22.0 Å². The number of aromatic amines is 2. The highest BCUT2D eigenvalue weighted by molar-refractivity contribution is 5.94. The molecule has 0 radical (unpaired) electrons. The van der Waals surface area contributed by atoms with E-state index < -0.39 is 5.97 Å². The molecule has 4 aromatic rings. The number of methoxy groups -OCH3 is 2. The Labute approximate surface area is 190 Å². The lowest BCUT2D eigenvalue weighted by molar-refractivity contribution is 0.0524. The highest BCUT2D eigenvalue weighted by Crippen LogP contribution is 2.24. The van der Waals surface area contributed by atoms with Gasteiger partial charge in [-0.2, -0.15) is 0 Å². The van der Waals surface area contributed by atoms with E-state index in [1.807, 2.05) is 19.9 Å². The molecule has 2 heterocycles. The van der Waals surface area contributed by atoms with Crippen molar-refractivity contribution in [2.24, 2.45) is 0 Å². The van der Waals surface area contributed by atoms with E-state index in [0.717, 1.165) is 22.4 Å². The summed E-state index contributed by atoms with van der Waals surface area (Å²) in [5, 5.41) is 1.15. The number of fused-ring (bicyclic) bond motifs is 2. The molecule has 0 atom stereocenters. The molecular weight excluding hydrogens is 424 g/mol. The van der Waals surface area contributed by atoms with Crippen LogP contribution in [0.25, 0.3) is 21.8 Å². The molecule has 8 heteroatoms. The van der Waals surface area contributed by atoms with Crippen LogP contribution in [0.15, 0.2) is 52.3 Å². The molecule has 0 spiro atoms. The zero-order chi connectivity index (χ0) is 24.1. The van der Waals surface area contributed by atoms with E-state index in [-0.39, 0.29) is 23.0 Å². The van der Waals surface area contributed by atoms with Gasteiger partial charge in [-0.05, 0) is 45.0 Å². The van der Waals surface area contributed by atoms with Gasteiger partial charge < -0.3 is 24.2 Å². The van der Waals surface area contributed by atoms with Gasteiger partial charge in [0.25, 0.3) is 0 Å². The van der Waals surface area contributed by atoms with E-state index in [2.05, 4.69) is 9.97 Å². The summed E-state index contributed by atoms with van der Waals surface area (Å²) in [5.41, 5.74) is 3.01. The van der Waals surface area contributed by atoms with Crippen molar-refractivity contribution >= 4 is 27.8 Å². The first-order chi connectivity index (χ1) is 15.8. The van der Waals surface area contributed by atoms with E-state index in [4.69, 9.17) is 14.2 Å². The first kappa shape index (κ1) is 23.6. The summed E-state index contributed by atoms with van der Waals surface area (Å²) in [5.74, 6) is 0.866. The molecule has 0 aliphatic carbocycles. The SMILES string of the molecule is CCOC(=O)c1c[nH]c2c(C)c(OC)ccc2c1=O.COc1ccc2c(=O)cc[nH]c2c1C. The summed E-state index contributed by atoms with van der Waals surface area (Å²) in [6.07, 6.45) is 3.03. The summed E-state index contributed by atoms with van der Waals surface area (Å²) in [7, 11) is 3.19. The molecule has 0 saturated heterocycles. The second kappa shape index (κ2) is 10.0. The molecule has 4 rings (SSSR count). The van der Waals surface area contributed by atoms with Crippen molar-refractivity contribution in [1.82, 2.24) is 9.97 Å². The topological polar surface area (TPSA) is 110 Å². The summed E-state index contributed by atoms with van der Waals surface area (Å²) < 4.78 is 15.2. The Kier molecular flexibility index (Phi) is 7.17. The molecule has 33 heavy (non-hydrogen) atoms. The van der Waals surface area contributed by atoms with Gasteiger partial charge in [0, 0.05) is 40.4 Å². The lowest BCUT2D eigenvalue weighted by Gasteiger charge is -2.09. The van der Waals surface area contributed by atoms with Gasteiger partial charge in [-0.15, -0.1) is 0 Å². The van der Waals surface area contributed by atoms with Crippen LogP contribution in [0, 0.1) is 13.8 Å². The summed E-state index contributed by atoms with van der Waals surface area (Å²) >= 11 is 0. The van der Waals surface area contributed by atoms with Crippen molar-refractivity contribution < 1.29 is 19.0 Å². The Morgan fingerprint density at radius 1 is 0.848 bits per heavy atom. The van der Waals surface area contributed by atoms with Gasteiger partial charge in [0.2, 0.25) is 5.43 Å². The van der Waals surface area contributed by atoms with E-state index >= 15 is 0 Å². The number of carbonyl (C=O) groups excluding carboxylic acids is 1. The normalized spacial score (nSPS) is 10.5. The molecule has 0 amide bonds. The predicted octanol–water partition coefficient (Wildman–Crippen LogP) is 3.87. The summed E-state index contributed by atoms with van der Waals surface area (Å²) in [6.45, 7) is 5.71. The number of nitrogens with one attached hydrogen (secondary N) is 2. The molecule has 172 valence electrons. The fourth-order valence-electron chi connectivity index (χ4n) is 3.60. The van der Waals surface area contributed by atoms with Crippen molar-refractivity contribution in [1.29, 1.82) is 0 Å². The molecule has 0 bridgehead atoms. The second-order valence-electron chi connectivity index (χ2n) is 7.22. The average molecular weight is 450 g/mol. The Morgan fingerprint density at radius 3 is 2.00 bits per heavy atom. The molecule has 8 nitrogen and oxygen atoms in total. The lowest BCUT2D eigenvalue weighted by Crippen LogP contribution is -2.18. The molecule has 0 aliphatic rings. The monoisotopic (exact) mass is 450 g/mol. The summed E-state index contributed by atoms with van der Waals surface area (Å²) in [6, 6.07) is 8.46. The number of hydrogen-bond donors (Lipinski definition) is 2. The molecule has 2 aromatic heterocycles. The number of aromatic nitrogens is 2. The smallest absolute Gasteiger partial charge is 0.343 e. The minimum absolute atomic E-state index is 0.0129. The number of esters is 1. The van der Waals surface area contributed by atoms with Crippen LogP contribution in [0.5, 0.6) is 11.5 Å². The van der Waals surface area contributed by atoms with Crippen LogP contribution in [-0.2, 0) is 4.74 Å². The van der Waals surface area contributed by atoms with Gasteiger partial charge in [0.15, 0.2) is 5.43 Å². The fraction of sp³-hybridized carbons (Fsp3) is 0.240. The number of pyridine rings is 2. The maximum Gasteiger partial charge on any atom is 0.343 e. The van der Waals surface area contributed by atoms with Crippen molar-refractivity contribution in [3.63, 3.8) is 0 Å². The number of aryl methyl sites for hydroxylation is 2. The molecule has 2 N–H and O–H groups in total. The molecule has 2 aromatic carbocycles. The Bertz CT molecular complexity index is 1440. The number of rotatable bonds is 4. The minimum Gasteiger partial charge on any atom is -0.496 e. The molecule has 0 fully saturated rings. The quantitative estimate of drug-likeness (QED) is 0.457. The van der Waals surface area contributed by atoms with Gasteiger partial charge in [0.05, 0.1) is 31.9 Å². The van der Waals surface area contributed by atoms with Crippen molar-refractivity contribution in [2.45, 2.75) is 20.8 Å². The van der Waals surface area contributed by atoms with E-state index in [9.17, 15) is 14.4 Å².